The molecule has 0 aliphatic carbocycles. The van der Waals surface area contributed by atoms with E-state index in [9.17, 15) is 9.59 Å². The van der Waals surface area contributed by atoms with Gasteiger partial charge in [-0.05, 0) is 5.92 Å². The van der Waals surface area contributed by atoms with Crippen LogP contribution in [0.3, 0.4) is 0 Å². The van der Waals surface area contributed by atoms with E-state index in [2.05, 4.69) is 5.32 Å². The van der Waals surface area contributed by atoms with Crippen molar-refractivity contribution in [1.82, 2.24) is 5.32 Å². The largest absolute Gasteiger partial charge is 0.496 e. The second kappa shape index (κ2) is 8.11. The molecule has 22 heavy (non-hydrogen) atoms. The number of amides is 1. The van der Waals surface area contributed by atoms with E-state index in [-0.39, 0.29) is 24.8 Å². The lowest BCUT2D eigenvalue weighted by Crippen LogP contribution is -2.29. The van der Waals surface area contributed by atoms with E-state index in [4.69, 9.17) is 19.3 Å². The Labute approximate surface area is 129 Å². The lowest BCUT2D eigenvalue weighted by Gasteiger charge is -2.15. The number of nitrogens with one attached hydrogen (secondary N) is 1. The molecule has 0 aliphatic rings. The third kappa shape index (κ3) is 4.54. The Hall–Kier alpha value is -2.44. The number of methoxy groups -OCH3 is 3. The Kier molecular flexibility index (Phi) is 6.49. The highest BCUT2D eigenvalue weighted by atomic mass is 16.5. The molecule has 0 aliphatic heterocycles. The molecule has 7 heteroatoms. The summed E-state index contributed by atoms with van der Waals surface area (Å²) in [5.41, 5.74) is 0.294. The van der Waals surface area contributed by atoms with Gasteiger partial charge in [-0.3, -0.25) is 9.59 Å². The van der Waals surface area contributed by atoms with Crippen LogP contribution in [0.5, 0.6) is 17.2 Å². The zero-order valence-electron chi connectivity index (χ0n) is 13.1. The molecule has 2 N–H and O–H groups in total. The Bertz CT molecular complexity index is 543. The van der Waals surface area contributed by atoms with Crippen molar-refractivity contribution in [2.24, 2.45) is 5.92 Å². The second-order valence-corrected chi connectivity index (χ2v) is 4.82. The number of rotatable bonds is 8. The van der Waals surface area contributed by atoms with Crippen molar-refractivity contribution in [3.63, 3.8) is 0 Å². The van der Waals surface area contributed by atoms with Gasteiger partial charge in [-0.15, -0.1) is 0 Å². The van der Waals surface area contributed by atoms with Crippen LogP contribution >= 0.6 is 0 Å². The van der Waals surface area contributed by atoms with Crippen molar-refractivity contribution >= 4 is 11.9 Å². The lowest BCUT2D eigenvalue weighted by molar-refractivity contribution is -0.137. The molecule has 0 spiro atoms. The van der Waals surface area contributed by atoms with Gasteiger partial charge < -0.3 is 24.6 Å². The first-order chi connectivity index (χ1) is 10.4. The summed E-state index contributed by atoms with van der Waals surface area (Å²) >= 11 is 0. The molecule has 0 saturated carbocycles. The maximum Gasteiger partial charge on any atom is 0.303 e. The van der Waals surface area contributed by atoms with Gasteiger partial charge in [0.25, 0.3) is 5.91 Å². The topological polar surface area (TPSA) is 94.1 Å². The molecule has 1 aromatic rings. The average molecular weight is 311 g/mol. The highest BCUT2D eigenvalue weighted by Gasteiger charge is 2.18. The van der Waals surface area contributed by atoms with Gasteiger partial charge >= 0.3 is 5.97 Å². The van der Waals surface area contributed by atoms with Gasteiger partial charge in [0.15, 0.2) is 11.5 Å². The monoisotopic (exact) mass is 311 g/mol. The summed E-state index contributed by atoms with van der Waals surface area (Å²) in [6.45, 7) is 2.00. The molecule has 1 amide bonds. The Morgan fingerprint density at radius 3 is 2.14 bits per heavy atom. The number of carboxylic acids is 1. The molecule has 0 fully saturated rings. The number of hydrogen-bond donors (Lipinski definition) is 2. The summed E-state index contributed by atoms with van der Waals surface area (Å²) in [7, 11) is 4.41. The number of carboxylic acid groups (broad SMARTS) is 1. The fraction of sp³-hybridized carbons (Fsp3) is 0.467. The number of carbonyl (C=O) groups is 2. The van der Waals surface area contributed by atoms with Crippen LogP contribution in [0.15, 0.2) is 12.1 Å². The lowest BCUT2D eigenvalue weighted by atomic mass is 10.1. The molecule has 0 radical (unpaired) electrons. The summed E-state index contributed by atoms with van der Waals surface area (Å²) in [6, 6.07) is 3.09. The molecule has 122 valence electrons. The molecule has 1 rings (SSSR count). The minimum atomic E-state index is -0.898. The Balaban J connectivity index is 2.90. The standard InChI is InChI=1S/C15H21NO6/c1-9(5-14(17)18)8-16-15(19)10-6-12(21-3)13(22-4)7-11(10)20-2/h6-7,9H,5,8H2,1-4H3,(H,16,19)(H,17,18). The van der Waals surface area contributed by atoms with Gasteiger partial charge in [-0.25, -0.2) is 0 Å². The fourth-order valence-corrected chi connectivity index (χ4v) is 1.94. The van der Waals surface area contributed by atoms with Crippen molar-refractivity contribution in [1.29, 1.82) is 0 Å². The summed E-state index contributed by atoms with van der Waals surface area (Å²) in [6.07, 6.45) is -0.0106. The van der Waals surface area contributed by atoms with E-state index in [1.54, 1.807) is 13.0 Å². The molecule has 7 nitrogen and oxygen atoms in total. The number of aliphatic carboxylic acids is 1. The SMILES string of the molecule is COc1cc(OC)c(C(=O)NCC(C)CC(=O)O)cc1OC. The highest BCUT2D eigenvalue weighted by Crippen LogP contribution is 2.34. The van der Waals surface area contributed by atoms with E-state index < -0.39 is 5.97 Å². The Morgan fingerprint density at radius 1 is 1.09 bits per heavy atom. The molecule has 0 aromatic heterocycles. The van der Waals surface area contributed by atoms with Crippen molar-refractivity contribution in [2.45, 2.75) is 13.3 Å². The van der Waals surface area contributed by atoms with Gasteiger partial charge in [-0.2, -0.15) is 0 Å². The van der Waals surface area contributed by atoms with E-state index in [1.807, 2.05) is 0 Å². The third-order valence-corrected chi connectivity index (χ3v) is 3.08. The van der Waals surface area contributed by atoms with Gasteiger partial charge in [-0.1, -0.05) is 6.92 Å². The first kappa shape index (κ1) is 17.6. The van der Waals surface area contributed by atoms with Crippen molar-refractivity contribution in [2.75, 3.05) is 27.9 Å². The van der Waals surface area contributed by atoms with Crippen molar-refractivity contribution in [3.05, 3.63) is 17.7 Å². The number of benzene rings is 1. The van der Waals surface area contributed by atoms with E-state index in [0.29, 0.717) is 22.8 Å². The van der Waals surface area contributed by atoms with Crippen molar-refractivity contribution in [3.8, 4) is 17.2 Å². The van der Waals surface area contributed by atoms with Crippen LogP contribution in [0.4, 0.5) is 0 Å². The zero-order chi connectivity index (χ0) is 16.7. The first-order valence-corrected chi connectivity index (χ1v) is 6.72. The quantitative estimate of drug-likeness (QED) is 0.756. The molecular formula is C15H21NO6. The van der Waals surface area contributed by atoms with Gasteiger partial charge in [0, 0.05) is 25.1 Å². The van der Waals surface area contributed by atoms with Gasteiger partial charge in [0.2, 0.25) is 0 Å². The van der Waals surface area contributed by atoms with Gasteiger partial charge in [0.05, 0.1) is 26.9 Å². The van der Waals surface area contributed by atoms with Crippen LogP contribution in [-0.2, 0) is 4.79 Å². The predicted octanol–water partition coefficient (Wildman–Crippen LogP) is 1.55. The zero-order valence-corrected chi connectivity index (χ0v) is 13.1. The summed E-state index contributed by atoms with van der Waals surface area (Å²) < 4.78 is 15.5. The number of ether oxygens (including phenoxy) is 3. The molecular weight excluding hydrogens is 290 g/mol. The van der Waals surface area contributed by atoms with Crippen LogP contribution in [-0.4, -0.2) is 44.9 Å². The van der Waals surface area contributed by atoms with Crippen LogP contribution < -0.4 is 19.5 Å². The summed E-state index contributed by atoms with van der Waals surface area (Å²) in [5, 5.41) is 11.4. The number of hydrogen-bond acceptors (Lipinski definition) is 5. The molecule has 0 bridgehead atoms. The minimum Gasteiger partial charge on any atom is -0.496 e. The van der Waals surface area contributed by atoms with Crippen LogP contribution in [0.1, 0.15) is 23.7 Å². The molecule has 1 aromatic carbocycles. The average Bonchev–Trinajstić information content (AvgIpc) is 2.50. The maximum atomic E-state index is 12.2. The number of carbonyl (C=O) groups excluding carboxylic acids is 1. The third-order valence-electron chi connectivity index (χ3n) is 3.08. The smallest absolute Gasteiger partial charge is 0.303 e. The van der Waals surface area contributed by atoms with Crippen LogP contribution in [0.2, 0.25) is 0 Å². The second-order valence-electron chi connectivity index (χ2n) is 4.82. The van der Waals surface area contributed by atoms with Crippen molar-refractivity contribution < 1.29 is 28.9 Å². The van der Waals surface area contributed by atoms with E-state index in [1.165, 1.54) is 27.4 Å². The molecule has 0 saturated heterocycles. The van der Waals surface area contributed by atoms with E-state index in [0.717, 1.165) is 0 Å². The maximum absolute atomic E-state index is 12.2. The highest BCUT2D eigenvalue weighted by molar-refractivity contribution is 5.97. The molecule has 1 unspecified atom stereocenters. The van der Waals surface area contributed by atoms with Crippen LogP contribution in [0.25, 0.3) is 0 Å². The van der Waals surface area contributed by atoms with E-state index >= 15 is 0 Å². The predicted molar refractivity (Wildman–Crippen MR) is 79.8 cm³/mol. The normalized spacial score (nSPS) is 11.5. The van der Waals surface area contributed by atoms with Gasteiger partial charge in [0.1, 0.15) is 5.75 Å². The molecule has 0 heterocycles. The first-order valence-electron chi connectivity index (χ1n) is 6.72. The van der Waals surface area contributed by atoms with Crippen LogP contribution in [0, 0.1) is 5.92 Å². The minimum absolute atomic E-state index is 0.0106. The summed E-state index contributed by atoms with van der Waals surface area (Å²) in [4.78, 5) is 22.9. The fourth-order valence-electron chi connectivity index (χ4n) is 1.94. The Morgan fingerprint density at radius 2 is 1.64 bits per heavy atom. The summed E-state index contributed by atoms with van der Waals surface area (Å²) in [5.74, 6) is -0.226. The molecule has 1 atom stereocenters.